The van der Waals surface area contributed by atoms with Crippen LogP contribution in [0.5, 0.6) is 0 Å². The van der Waals surface area contributed by atoms with Gasteiger partial charge in [0.25, 0.3) is 0 Å². The highest BCUT2D eigenvalue weighted by Crippen LogP contribution is 2.22. The Morgan fingerprint density at radius 3 is 2.65 bits per heavy atom. The summed E-state index contributed by atoms with van der Waals surface area (Å²) in [7, 11) is 0. The number of aliphatic hydroxyl groups excluding tert-OH is 1. The molecule has 1 aromatic carbocycles. The molecule has 0 radical (unpaired) electrons. The normalized spacial score (nSPS) is 15.1. The third-order valence-corrected chi connectivity index (χ3v) is 3.25. The smallest absolute Gasteiger partial charge is 0.138 e. The fraction of sp³-hybridized carbons (Fsp3) is 0.500. The standard InChI is InChI=1S/C14H20N2O/c1-4-10(2)9-16-13-8-6-5-7-12(13)15-14(16)11(3)17/h5-8,10-11,17H,4,9H2,1-3H3/t10-,11-/m1/s1. The van der Waals surface area contributed by atoms with E-state index in [-0.39, 0.29) is 0 Å². The van der Waals surface area contributed by atoms with Crippen LogP contribution in [0.4, 0.5) is 0 Å². The van der Waals surface area contributed by atoms with Crippen LogP contribution in [0.1, 0.15) is 39.1 Å². The quantitative estimate of drug-likeness (QED) is 0.879. The zero-order chi connectivity index (χ0) is 12.4. The summed E-state index contributed by atoms with van der Waals surface area (Å²) < 4.78 is 2.15. The molecular formula is C14H20N2O. The van der Waals surface area contributed by atoms with Crippen molar-refractivity contribution in [3.63, 3.8) is 0 Å². The van der Waals surface area contributed by atoms with E-state index in [9.17, 15) is 5.11 Å². The molecule has 2 atom stereocenters. The highest BCUT2D eigenvalue weighted by atomic mass is 16.3. The van der Waals surface area contributed by atoms with Crippen LogP contribution in [0.2, 0.25) is 0 Å². The molecule has 2 aromatic rings. The minimum atomic E-state index is -0.522. The van der Waals surface area contributed by atoms with Crippen LogP contribution < -0.4 is 0 Å². The van der Waals surface area contributed by atoms with Crippen molar-refractivity contribution in [2.75, 3.05) is 0 Å². The molecule has 1 heterocycles. The second kappa shape index (κ2) is 4.88. The number of para-hydroxylation sites is 2. The van der Waals surface area contributed by atoms with Crippen molar-refractivity contribution in [2.24, 2.45) is 5.92 Å². The molecule has 0 spiro atoms. The third-order valence-electron chi connectivity index (χ3n) is 3.25. The number of aromatic nitrogens is 2. The number of fused-ring (bicyclic) bond motifs is 1. The SMILES string of the molecule is CC[C@@H](C)Cn1c([C@@H](C)O)nc2ccccc21. The van der Waals surface area contributed by atoms with Gasteiger partial charge in [-0.3, -0.25) is 0 Å². The van der Waals surface area contributed by atoms with Crippen LogP contribution in [0, 0.1) is 5.92 Å². The van der Waals surface area contributed by atoms with Crippen LogP contribution in [0.15, 0.2) is 24.3 Å². The molecule has 3 heteroatoms. The predicted octanol–water partition coefficient (Wildman–Crippen LogP) is 3.14. The second-order valence-electron chi connectivity index (χ2n) is 4.76. The Morgan fingerprint density at radius 2 is 2.00 bits per heavy atom. The Kier molecular flexibility index (Phi) is 3.48. The Hall–Kier alpha value is -1.35. The molecule has 0 fully saturated rings. The van der Waals surface area contributed by atoms with E-state index in [1.165, 1.54) is 0 Å². The van der Waals surface area contributed by atoms with Crippen molar-refractivity contribution in [1.29, 1.82) is 0 Å². The second-order valence-corrected chi connectivity index (χ2v) is 4.76. The van der Waals surface area contributed by atoms with Gasteiger partial charge in [-0.1, -0.05) is 32.4 Å². The van der Waals surface area contributed by atoms with Crippen LogP contribution in [0.25, 0.3) is 11.0 Å². The van der Waals surface area contributed by atoms with Crippen molar-refractivity contribution in [2.45, 2.75) is 39.8 Å². The van der Waals surface area contributed by atoms with Gasteiger partial charge in [-0.25, -0.2) is 4.98 Å². The van der Waals surface area contributed by atoms with E-state index in [1.54, 1.807) is 6.92 Å². The van der Waals surface area contributed by atoms with Gasteiger partial charge < -0.3 is 9.67 Å². The van der Waals surface area contributed by atoms with Gasteiger partial charge in [-0.2, -0.15) is 0 Å². The monoisotopic (exact) mass is 232 g/mol. The van der Waals surface area contributed by atoms with E-state index < -0.39 is 6.10 Å². The maximum absolute atomic E-state index is 9.81. The summed E-state index contributed by atoms with van der Waals surface area (Å²) in [4.78, 5) is 4.51. The first kappa shape index (κ1) is 12.1. The number of nitrogens with zero attached hydrogens (tertiary/aromatic N) is 2. The number of hydrogen-bond donors (Lipinski definition) is 1. The van der Waals surface area contributed by atoms with Crippen LogP contribution in [0.3, 0.4) is 0 Å². The van der Waals surface area contributed by atoms with Crippen molar-refractivity contribution < 1.29 is 5.11 Å². The van der Waals surface area contributed by atoms with Crippen molar-refractivity contribution in [3.8, 4) is 0 Å². The van der Waals surface area contributed by atoms with E-state index in [4.69, 9.17) is 0 Å². The summed E-state index contributed by atoms with van der Waals surface area (Å²) in [6, 6.07) is 8.06. The fourth-order valence-electron chi connectivity index (χ4n) is 2.05. The van der Waals surface area contributed by atoms with Gasteiger partial charge in [-0.05, 0) is 25.0 Å². The molecule has 0 bridgehead atoms. The van der Waals surface area contributed by atoms with Crippen molar-refractivity contribution >= 4 is 11.0 Å². The predicted molar refractivity (Wildman–Crippen MR) is 69.8 cm³/mol. The maximum atomic E-state index is 9.81. The first-order chi connectivity index (χ1) is 8.13. The van der Waals surface area contributed by atoms with Gasteiger partial charge in [-0.15, -0.1) is 0 Å². The third kappa shape index (κ3) is 2.34. The average molecular weight is 232 g/mol. The van der Waals surface area contributed by atoms with Crippen LogP contribution >= 0.6 is 0 Å². The zero-order valence-corrected chi connectivity index (χ0v) is 10.7. The first-order valence-corrected chi connectivity index (χ1v) is 6.26. The Bertz CT molecular complexity index is 502. The summed E-state index contributed by atoms with van der Waals surface area (Å²) >= 11 is 0. The van der Waals surface area contributed by atoms with E-state index in [2.05, 4.69) is 29.5 Å². The lowest BCUT2D eigenvalue weighted by molar-refractivity contribution is 0.182. The molecule has 0 aliphatic rings. The molecule has 1 N–H and O–H groups in total. The Morgan fingerprint density at radius 1 is 1.29 bits per heavy atom. The number of imidazole rings is 1. The molecular weight excluding hydrogens is 212 g/mol. The van der Waals surface area contributed by atoms with Gasteiger partial charge in [0.1, 0.15) is 11.9 Å². The van der Waals surface area contributed by atoms with E-state index in [0.29, 0.717) is 5.92 Å². The van der Waals surface area contributed by atoms with Crippen LogP contribution in [-0.2, 0) is 6.54 Å². The summed E-state index contributed by atoms with van der Waals surface area (Å²) in [6.07, 6.45) is 0.609. The van der Waals surface area contributed by atoms with Crippen LogP contribution in [-0.4, -0.2) is 14.7 Å². The summed E-state index contributed by atoms with van der Waals surface area (Å²) in [5.41, 5.74) is 2.08. The maximum Gasteiger partial charge on any atom is 0.138 e. The van der Waals surface area contributed by atoms with E-state index >= 15 is 0 Å². The number of hydrogen-bond acceptors (Lipinski definition) is 2. The summed E-state index contributed by atoms with van der Waals surface area (Å²) in [6.45, 7) is 7.10. The van der Waals surface area contributed by atoms with E-state index in [1.807, 2.05) is 18.2 Å². The first-order valence-electron chi connectivity index (χ1n) is 6.26. The largest absolute Gasteiger partial charge is 0.385 e. The van der Waals surface area contributed by atoms with E-state index in [0.717, 1.165) is 29.8 Å². The molecule has 1 aromatic heterocycles. The lowest BCUT2D eigenvalue weighted by atomic mass is 10.1. The fourth-order valence-corrected chi connectivity index (χ4v) is 2.05. The number of rotatable bonds is 4. The lowest BCUT2D eigenvalue weighted by Gasteiger charge is -2.14. The lowest BCUT2D eigenvalue weighted by Crippen LogP contribution is -2.12. The van der Waals surface area contributed by atoms with Gasteiger partial charge in [0, 0.05) is 6.54 Å². The molecule has 0 saturated carbocycles. The molecule has 92 valence electrons. The topological polar surface area (TPSA) is 38.0 Å². The minimum Gasteiger partial charge on any atom is -0.385 e. The van der Waals surface area contributed by atoms with Gasteiger partial charge in [0.2, 0.25) is 0 Å². The van der Waals surface area contributed by atoms with Crippen molar-refractivity contribution in [1.82, 2.24) is 9.55 Å². The zero-order valence-electron chi connectivity index (χ0n) is 10.7. The van der Waals surface area contributed by atoms with Crippen molar-refractivity contribution in [3.05, 3.63) is 30.1 Å². The summed E-state index contributed by atoms with van der Waals surface area (Å²) in [5.74, 6) is 1.36. The highest BCUT2D eigenvalue weighted by molar-refractivity contribution is 5.75. The molecule has 0 saturated heterocycles. The molecule has 17 heavy (non-hydrogen) atoms. The molecule has 0 unspecified atom stereocenters. The van der Waals surface area contributed by atoms with Gasteiger partial charge >= 0.3 is 0 Å². The summed E-state index contributed by atoms with van der Waals surface area (Å²) in [5, 5.41) is 9.81. The molecule has 3 nitrogen and oxygen atoms in total. The minimum absolute atomic E-state index is 0.522. The molecule has 0 aliphatic heterocycles. The Labute approximate surface area is 102 Å². The Balaban J connectivity index is 2.52. The number of benzene rings is 1. The van der Waals surface area contributed by atoms with Gasteiger partial charge in [0.15, 0.2) is 0 Å². The van der Waals surface area contributed by atoms with Gasteiger partial charge in [0.05, 0.1) is 11.0 Å². The molecule has 0 aliphatic carbocycles. The average Bonchev–Trinajstić information content (AvgIpc) is 2.68. The number of aliphatic hydroxyl groups is 1. The molecule has 0 amide bonds. The molecule has 2 rings (SSSR count). The highest BCUT2D eigenvalue weighted by Gasteiger charge is 2.15.